The molecule has 0 spiro atoms. The number of hydrogen-bond acceptors (Lipinski definition) is 4. The number of carbonyl (C=O) groups is 2. The Balaban J connectivity index is 1.86. The highest BCUT2D eigenvalue weighted by Crippen LogP contribution is 2.15. The Labute approximate surface area is 137 Å². The van der Waals surface area contributed by atoms with Crippen molar-refractivity contribution in [3.8, 4) is 5.75 Å². The van der Waals surface area contributed by atoms with E-state index in [0.29, 0.717) is 51.4 Å². The van der Waals surface area contributed by atoms with E-state index in [4.69, 9.17) is 9.47 Å². The summed E-state index contributed by atoms with van der Waals surface area (Å²) in [7, 11) is 1.58. The summed E-state index contributed by atoms with van der Waals surface area (Å²) in [6.45, 7) is 5.23. The van der Waals surface area contributed by atoms with Gasteiger partial charge < -0.3 is 19.3 Å². The Hall–Kier alpha value is -2.08. The fraction of sp³-hybridized carbons (Fsp3) is 0.529. The van der Waals surface area contributed by atoms with Crippen molar-refractivity contribution in [2.45, 2.75) is 13.3 Å². The quantitative estimate of drug-likeness (QED) is 0.795. The number of ether oxygens (including phenoxy) is 2. The highest BCUT2D eigenvalue weighted by Gasteiger charge is 2.24. The number of nitrogens with zero attached hydrogens (tertiary/aromatic N) is 2. The highest BCUT2D eigenvalue weighted by molar-refractivity contribution is 5.94. The Bertz CT molecular complexity index is 522. The van der Waals surface area contributed by atoms with Crippen molar-refractivity contribution < 1.29 is 19.1 Å². The van der Waals surface area contributed by atoms with Crippen LogP contribution in [0.3, 0.4) is 0 Å². The minimum absolute atomic E-state index is 0.00274. The fourth-order valence-corrected chi connectivity index (χ4v) is 2.55. The Morgan fingerprint density at radius 3 is 2.22 bits per heavy atom. The summed E-state index contributed by atoms with van der Waals surface area (Å²) in [5.41, 5.74) is 0.646. The van der Waals surface area contributed by atoms with Gasteiger partial charge in [0.1, 0.15) is 5.75 Å². The summed E-state index contributed by atoms with van der Waals surface area (Å²) in [6, 6.07) is 7.18. The van der Waals surface area contributed by atoms with Gasteiger partial charge in [-0.15, -0.1) is 0 Å². The molecule has 0 aliphatic carbocycles. The zero-order chi connectivity index (χ0) is 16.7. The molecular formula is C17H24N2O4. The van der Waals surface area contributed by atoms with Crippen molar-refractivity contribution in [2.24, 2.45) is 0 Å². The number of piperazine rings is 1. The van der Waals surface area contributed by atoms with Crippen molar-refractivity contribution >= 4 is 11.8 Å². The van der Waals surface area contributed by atoms with Gasteiger partial charge in [-0.2, -0.15) is 0 Å². The van der Waals surface area contributed by atoms with E-state index in [2.05, 4.69) is 0 Å². The average Bonchev–Trinajstić information content (AvgIpc) is 2.60. The zero-order valence-electron chi connectivity index (χ0n) is 13.8. The monoisotopic (exact) mass is 320 g/mol. The van der Waals surface area contributed by atoms with Crippen LogP contribution in [0.2, 0.25) is 0 Å². The van der Waals surface area contributed by atoms with Gasteiger partial charge in [-0.1, -0.05) is 0 Å². The SMILES string of the molecule is CCOc1ccc(C(=O)N2CCN(C(=O)CCOC)CC2)cc1. The predicted octanol–water partition coefficient (Wildman–Crippen LogP) is 1.41. The van der Waals surface area contributed by atoms with Gasteiger partial charge in [0.05, 0.1) is 19.6 Å². The number of amides is 2. The second kappa shape index (κ2) is 8.53. The van der Waals surface area contributed by atoms with Crippen molar-refractivity contribution in [3.63, 3.8) is 0 Å². The number of hydrogen-bond donors (Lipinski definition) is 0. The normalized spacial score (nSPS) is 14.7. The van der Waals surface area contributed by atoms with Crippen LogP contribution in [-0.4, -0.2) is 68.1 Å². The lowest BCUT2D eigenvalue weighted by molar-refractivity contribution is -0.133. The average molecular weight is 320 g/mol. The number of benzene rings is 1. The molecule has 0 atom stereocenters. The summed E-state index contributed by atoms with van der Waals surface area (Å²) in [5, 5.41) is 0. The first-order chi connectivity index (χ1) is 11.2. The van der Waals surface area contributed by atoms with Crippen LogP contribution in [0.15, 0.2) is 24.3 Å². The first kappa shape index (κ1) is 17.3. The molecule has 0 unspecified atom stereocenters. The van der Waals surface area contributed by atoms with E-state index < -0.39 is 0 Å². The third-order valence-corrected chi connectivity index (χ3v) is 3.85. The standard InChI is InChI=1S/C17H24N2O4/c1-3-23-15-6-4-14(5-7-15)17(21)19-11-9-18(10-12-19)16(20)8-13-22-2/h4-7H,3,8-13H2,1-2H3. The molecule has 1 saturated heterocycles. The molecule has 2 amide bonds. The van der Waals surface area contributed by atoms with Gasteiger partial charge in [0.15, 0.2) is 0 Å². The summed E-state index contributed by atoms with van der Waals surface area (Å²) < 4.78 is 10.3. The molecule has 6 heteroatoms. The highest BCUT2D eigenvalue weighted by atomic mass is 16.5. The lowest BCUT2D eigenvalue weighted by atomic mass is 10.1. The Morgan fingerprint density at radius 1 is 1.04 bits per heavy atom. The van der Waals surface area contributed by atoms with Crippen LogP contribution >= 0.6 is 0 Å². The molecular weight excluding hydrogens is 296 g/mol. The number of rotatable bonds is 6. The lowest BCUT2D eigenvalue weighted by Crippen LogP contribution is -2.50. The van der Waals surface area contributed by atoms with E-state index in [0.717, 1.165) is 5.75 Å². The fourth-order valence-electron chi connectivity index (χ4n) is 2.55. The Morgan fingerprint density at radius 2 is 1.65 bits per heavy atom. The molecule has 23 heavy (non-hydrogen) atoms. The van der Waals surface area contributed by atoms with E-state index in [1.807, 2.05) is 6.92 Å². The van der Waals surface area contributed by atoms with Crippen LogP contribution in [0.25, 0.3) is 0 Å². The molecule has 0 aromatic heterocycles. The van der Waals surface area contributed by atoms with E-state index >= 15 is 0 Å². The molecule has 1 aromatic rings. The van der Waals surface area contributed by atoms with Crippen LogP contribution in [0.4, 0.5) is 0 Å². The maximum absolute atomic E-state index is 12.5. The van der Waals surface area contributed by atoms with E-state index in [-0.39, 0.29) is 11.8 Å². The molecule has 0 bridgehead atoms. The summed E-state index contributed by atoms with van der Waals surface area (Å²) in [5.74, 6) is 0.842. The predicted molar refractivity (Wildman–Crippen MR) is 86.6 cm³/mol. The van der Waals surface area contributed by atoms with Gasteiger partial charge in [0.25, 0.3) is 5.91 Å². The second-order valence-corrected chi connectivity index (χ2v) is 5.37. The van der Waals surface area contributed by atoms with Crippen LogP contribution in [-0.2, 0) is 9.53 Å². The van der Waals surface area contributed by atoms with Crippen LogP contribution in [0.5, 0.6) is 5.75 Å². The van der Waals surface area contributed by atoms with Gasteiger partial charge in [-0.25, -0.2) is 0 Å². The van der Waals surface area contributed by atoms with Gasteiger partial charge in [0.2, 0.25) is 5.91 Å². The van der Waals surface area contributed by atoms with E-state index in [1.54, 1.807) is 41.2 Å². The molecule has 0 N–H and O–H groups in total. The van der Waals surface area contributed by atoms with Gasteiger partial charge in [0, 0.05) is 38.9 Å². The molecule has 1 aliphatic heterocycles. The Kier molecular flexibility index (Phi) is 6.40. The van der Waals surface area contributed by atoms with Crippen molar-refractivity contribution in [1.29, 1.82) is 0 Å². The van der Waals surface area contributed by atoms with Crippen LogP contribution in [0, 0.1) is 0 Å². The summed E-state index contributed by atoms with van der Waals surface area (Å²) in [6.07, 6.45) is 0.392. The maximum Gasteiger partial charge on any atom is 0.253 e. The summed E-state index contributed by atoms with van der Waals surface area (Å²) in [4.78, 5) is 28.0. The molecule has 1 heterocycles. The maximum atomic E-state index is 12.5. The molecule has 1 aromatic carbocycles. The molecule has 126 valence electrons. The third kappa shape index (κ3) is 4.69. The minimum atomic E-state index is -0.00274. The largest absolute Gasteiger partial charge is 0.494 e. The second-order valence-electron chi connectivity index (χ2n) is 5.37. The molecule has 0 radical (unpaired) electrons. The molecule has 0 saturated carbocycles. The number of methoxy groups -OCH3 is 1. The minimum Gasteiger partial charge on any atom is -0.494 e. The molecule has 2 rings (SSSR count). The van der Waals surface area contributed by atoms with Gasteiger partial charge in [-0.05, 0) is 31.2 Å². The van der Waals surface area contributed by atoms with Gasteiger partial charge in [-0.3, -0.25) is 9.59 Å². The topological polar surface area (TPSA) is 59.1 Å². The number of carbonyl (C=O) groups excluding carboxylic acids is 2. The lowest BCUT2D eigenvalue weighted by Gasteiger charge is -2.34. The van der Waals surface area contributed by atoms with Crippen LogP contribution < -0.4 is 4.74 Å². The third-order valence-electron chi connectivity index (χ3n) is 3.85. The van der Waals surface area contributed by atoms with Crippen LogP contribution in [0.1, 0.15) is 23.7 Å². The molecule has 1 aliphatic rings. The first-order valence-electron chi connectivity index (χ1n) is 7.94. The molecule has 6 nitrogen and oxygen atoms in total. The van der Waals surface area contributed by atoms with E-state index in [1.165, 1.54) is 0 Å². The van der Waals surface area contributed by atoms with Crippen molar-refractivity contribution in [1.82, 2.24) is 9.80 Å². The van der Waals surface area contributed by atoms with Crippen molar-refractivity contribution in [3.05, 3.63) is 29.8 Å². The smallest absolute Gasteiger partial charge is 0.253 e. The summed E-state index contributed by atoms with van der Waals surface area (Å²) >= 11 is 0. The van der Waals surface area contributed by atoms with Crippen molar-refractivity contribution in [2.75, 3.05) is 46.5 Å². The zero-order valence-corrected chi connectivity index (χ0v) is 13.8. The van der Waals surface area contributed by atoms with Gasteiger partial charge >= 0.3 is 0 Å². The van der Waals surface area contributed by atoms with E-state index in [9.17, 15) is 9.59 Å². The molecule has 1 fully saturated rings. The first-order valence-corrected chi connectivity index (χ1v) is 7.94.